The summed E-state index contributed by atoms with van der Waals surface area (Å²) < 4.78 is 38.6. The number of aliphatic hydroxyl groups excluding tert-OH is 1. The lowest BCUT2D eigenvalue weighted by Gasteiger charge is -2.35. The predicted molar refractivity (Wildman–Crippen MR) is 315 cm³/mol. The first kappa shape index (κ1) is 58.4. The summed E-state index contributed by atoms with van der Waals surface area (Å²) in [7, 11) is 0. The Morgan fingerprint density at radius 2 is 1.63 bits per heavy atom. The summed E-state index contributed by atoms with van der Waals surface area (Å²) in [5.74, 6) is 0.518. The summed E-state index contributed by atoms with van der Waals surface area (Å²) in [5, 5.41) is 32.3. The standard InChI is InChI=1S/C63H76F2N10O6S/c1-7-47-50(64)24-21-41-28-44(76)29-48(53(41)47)55-54(65)56-49(31-66-55)59(74-32-42-22-23-43(33-74)69-42)72-62(71-56)81-46-25-27-73(35-46)26-15-13-11-9-8-10-12-14-16-52(78)70-58(63(4,5)6)61(80)75-34-45(77)30-51(75)60(79)68-37(2)39-17-19-40(20-18-39)57-38(3)67-36-82-57/h1,17-21,24,28-29,31,36-37,42-43,45-46,51,58,69,76-77H,8-16,22-23,25-27,30,32-35H2,2-6H3,(H,68,79)(H,70,78)/t37-,42?,43?,45+,46?,51-,58+/m0/s1. The number of aromatic hydroxyl groups is 1. The number of phenols is 1. The second-order valence-electron chi connectivity index (χ2n) is 24.0. The van der Waals surface area contributed by atoms with E-state index in [-0.39, 0.29) is 94.4 Å². The quantitative estimate of drug-likeness (QED) is 0.0338. The zero-order chi connectivity index (χ0) is 57.8. The molecule has 5 N–H and O–H groups in total. The van der Waals surface area contributed by atoms with Gasteiger partial charge in [-0.2, -0.15) is 9.97 Å². The monoisotopic (exact) mass is 1140 g/mol. The number of ether oxygens (including phenoxy) is 1. The Bertz CT molecular complexity index is 3340. The molecule has 434 valence electrons. The van der Waals surface area contributed by atoms with Crippen molar-refractivity contribution < 1.29 is 38.1 Å². The van der Waals surface area contributed by atoms with Crippen molar-refractivity contribution in [3.8, 4) is 45.8 Å². The number of halogens is 2. The number of likely N-dealkylation sites (tertiary alicyclic amines) is 2. The number of unbranched alkanes of at least 4 members (excludes halogenated alkanes) is 7. The Kier molecular flexibility index (Phi) is 18.0. The fourth-order valence-corrected chi connectivity index (χ4v) is 13.2. The number of hydrogen-bond donors (Lipinski definition) is 5. The maximum Gasteiger partial charge on any atom is 0.319 e. The Morgan fingerprint density at radius 3 is 2.33 bits per heavy atom. The van der Waals surface area contributed by atoms with E-state index in [1.807, 2.05) is 64.4 Å². The number of nitrogens with one attached hydrogen (secondary N) is 3. The summed E-state index contributed by atoms with van der Waals surface area (Å²) in [6, 6.07) is 12.1. The minimum atomic E-state index is -0.873. The van der Waals surface area contributed by atoms with Gasteiger partial charge in [-0.15, -0.1) is 17.8 Å². The van der Waals surface area contributed by atoms with E-state index in [4.69, 9.17) is 16.1 Å². The summed E-state index contributed by atoms with van der Waals surface area (Å²) >= 11 is 1.58. The maximum absolute atomic E-state index is 17.1. The molecule has 16 nitrogen and oxygen atoms in total. The van der Waals surface area contributed by atoms with Crippen molar-refractivity contribution in [3.63, 3.8) is 0 Å². The molecule has 6 aromatic rings. The first-order valence-corrected chi connectivity index (χ1v) is 30.1. The van der Waals surface area contributed by atoms with Crippen molar-refractivity contribution in [1.82, 2.24) is 45.7 Å². The minimum absolute atomic E-state index is 0.0164. The molecule has 82 heavy (non-hydrogen) atoms. The highest BCUT2D eigenvalue weighted by atomic mass is 32.1. The van der Waals surface area contributed by atoms with Gasteiger partial charge in [-0.1, -0.05) is 95.5 Å². The Hall–Kier alpha value is -6.85. The van der Waals surface area contributed by atoms with Crippen molar-refractivity contribution in [2.45, 2.75) is 161 Å². The first-order chi connectivity index (χ1) is 39.4. The fraction of sp³-hybridized carbons (Fsp3) is 0.508. The number of fused-ring (bicyclic) bond motifs is 4. The second kappa shape index (κ2) is 25.3. The third-order valence-corrected chi connectivity index (χ3v) is 17.8. The van der Waals surface area contributed by atoms with Crippen LogP contribution >= 0.6 is 11.3 Å². The lowest BCUT2D eigenvalue weighted by atomic mass is 9.85. The summed E-state index contributed by atoms with van der Waals surface area (Å²) in [4.78, 5) is 66.9. The molecular weight excluding hydrogens is 1060 g/mol. The predicted octanol–water partition coefficient (Wildman–Crippen LogP) is 9.52. The minimum Gasteiger partial charge on any atom is -0.508 e. The van der Waals surface area contributed by atoms with E-state index in [0.29, 0.717) is 49.1 Å². The number of aromatic nitrogens is 4. The topological polar surface area (TPSA) is 198 Å². The molecule has 3 amide bonds. The van der Waals surface area contributed by atoms with Crippen LogP contribution in [0.3, 0.4) is 0 Å². The molecule has 4 saturated heterocycles. The number of β-amino-alcohol motifs (C(OH)–C–C–N with tert-alkyl or cyclic N) is 1. The van der Waals surface area contributed by atoms with Gasteiger partial charge in [0.15, 0.2) is 5.82 Å². The van der Waals surface area contributed by atoms with Crippen molar-refractivity contribution in [2.24, 2.45) is 5.41 Å². The molecule has 0 spiro atoms. The number of anilines is 1. The molecule has 7 heterocycles. The number of pyridine rings is 1. The lowest BCUT2D eigenvalue weighted by molar-refractivity contribution is -0.144. The van der Waals surface area contributed by atoms with E-state index in [1.54, 1.807) is 17.5 Å². The number of carbonyl (C=O) groups excluding carboxylic acids is 3. The van der Waals surface area contributed by atoms with Crippen molar-refractivity contribution in [3.05, 3.63) is 88.7 Å². The third-order valence-electron chi connectivity index (χ3n) is 16.8. The van der Waals surface area contributed by atoms with Gasteiger partial charge in [0.25, 0.3) is 0 Å². The molecule has 4 aliphatic rings. The molecule has 0 saturated carbocycles. The van der Waals surface area contributed by atoms with Gasteiger partial charge in [0.1, 0.15) is 46.8 Å². The van der Waals surface area contributed by atoms with Gasteiger partial charge in [-0.3, -0.25) is 24.3 Å². The number of benzene rings is 3. The third kappa shape index (κ3) is 13.2. The normalized spacial score (nSPS) is 20.8. The molecule has 0 aliphatic carbocycles. The van der Waals surface area contributed by atoms with Gasteiger partial charge in [-0.05, 0) is 92.6 Å². The van der Waals surface area contributed by atoms with Crippen LogP contribution in [0.1, 0.15) is 134 Å². The number of hydrogen-bond acceptors (Lipinski definition) is 14. The van der Waals surface area contributed by atoms with Gasteiger partial charge >= 0.3 is 6.01 Å². The van der Waals surface area contributed by atoms with Gasteiger partial charge in [-0.25, -0.2) is 13.8 Å². The van der Waals surface area contributed by atoms with Crippen LogP contribution in [0.25, 0.3) is 43.4 Å². The fourth-order valence-electron chi connectivity index (χ4n) is 12.4. The summed E-state index contributed by atoms with van der Waals surface area (Å²) in [6.45, 7) is 13.4. The van der Waals surface area contributed by atoms with E-state index in [9.17, 15) is 24.6 Å². The molecule has 0 radical (unpaired) electrons. The van der Waals surface area contributed by atoms with E-state index < -0.39 is 35.2 Å². The van der Waals surface area contributed by atoms with E-state index in [2.05, 4.69) is 46.6 Å². The number of phenolic OH excluding ortho intramolecular Hbond substituents is 1. The molecule has 7 atom stereocenters. The number of nitrogens with zero attached hydrogens (tertiary/aromatic N) is 7. The smallest absolute Gasteiger partial charge is 0.319 e. The van der Waals surface area contributed by atoms with Crippen LogP contribution in [0.4, 0.5) is 14.6 Å². The molecular formula is C63H76F2N10O6S. The summed E-state index contributed by atoms with van der Waals surface area (Å²) in [6.07, 6.45) is 17.5. The molecule has 4 fully saturated rings. The SMILES string of the molecule is C#Cc1c(F)ccc2cc(O)cc(-c3ncc4c(N5CC6CCC(C5)N6)nc(OC5CCN(CCCCCCCCCCC(=O)N[C@H](C(=O)N6C[C@H](O)C[C@H]6C(=O)N[C@@H](C)c6ccc(-c7scnc7C)cc6)C(C)(C)C)C5)nc4c3F)c12. The Balaban J connectivity index is 0.662. The van der Waals surface area contributed by atoms with Gasteiger partial charge < -0.3 is 40.7 Å². The zero-order valence-electron chi connectivity index (χ0n) is 47.6. The number of terminal acetylenes is 1. The second-order valence-corrected chi connectivity index (χ2v) is 24.9. The van der Waals surface area contributed by atoms with Crippen LogP contribution in [0.5, 0.6) is 11.8 Å². The van der Waals surface area contributed by atoms with Gasteiger partial charge in [0.05, 0.1) is 39.2 Å². The lowest BCUT2D eigenvalue weighted by Crippen LogP contribution is -2.57. The zero-order valence-corrected chi connectivity index (χ0v) is 48.5. The maximum atomic E-state index is 17.1. The number of aliphatic hydroxyl groups is 1. The number of amides is 3. The number of piperazine rings is 1. The first-order valence-electron chi connectivity index (χ1n) is 29.2. The number of aryl methyl sites for hydroxylation is 1. The number of thiazole rings is 1. The van der Waals surface area contributed by atoms with Crippen LogP contribution in [0.15, 0.2) is 60.2 Å². The molecule has 10 rings (SSSR count). The highest BCUT2D eigenvalue weighted by Gasteiger charge is 2.45. The summed E-state index contributed by atoms with van der Waals surface area (Å²) in [5.41, 5.74) is 4.13. The van der Waals surface area contributed by atoms with E-state index in [1.165, 1.54) is 29.2 Å². The van der Waals surface area contributed by atoms with E-state index >= 15 is 8.78 Å². The number of carbonyl (C=O) groups is 3. The van der Waals surface area contributed by atoms with Gasteiger partial charge in [0.2, 0.25) is 17.7 Å². The molecule has 4 aliphatic heterocycles. The average molecular weight is 1140 g/mol. The van der Waals surface area contributed by atoms with Crippen molar-refractivity contribution >= 4 is 56.6 Å². The highest BCUT2D eigenvalue weighted by molar-refractivity contribution is 7.13. The Morgan fingerprint density at radius 1 is 0.915 bits per heavy atom. The van der Waals surface area contributed by atoms with Crippen molar-refractivity contribution in [2.75, 3.05) is 44.2 Å². The molecule has 3 unspecified atom stereocenters. The largest absolute Gasteiger partial charge is 0.508 e. The molecule has 19 heteroatoms. The molecule has 3 aromatic carbocycles. The van der Waals surface area contributed by atoms with Crippen LogP contribution in [-0.2, 0) is 14.4 Å². The molecule has 3 aromatic heterocycles. The van der Waals surface area contributed by atoms with Crippen molar-refractivity contribution in [1.29, 1.82) is 0 Å². The van der Waals surface area contributed by atoms with Crippen LogP contribution in [-0.4, -0.2) is 133 Å². The number of rotatable bonds is 21. The van der Waals surface area contributed by atoms with Crippen LogP contribution in [0, 0.1) is 36.3 Å². The highest BCUT2D eigenvalue weighted by Crippen LogP contribution is 2.40. The Labute approximate surface area is 482 Å². The van der Waals surface area contributed by atoms with E-state index in [0.717, 1.165) is 99.0 Å². The van der Waals surface area contributed by atoms with Gasteiger partial charge in [0, 0.05) is 74.8 Å². The van der Waals surface area contributed by atoms with Crippen LogP contribution in [0.2, 0.25) is 0 Å². The molecule has 2 bridgehead atoms. The van der Waals surface area contributed by atoms with Crippen LogP contribution < -0.4 is 25.6 Å². The average Bonchev–Trinajstić information content (AvgIpc) is 4.33.